The smallest absolute Gasteiger partial charge is 0.333 e. The van der Waals surface area contributed by atoms with Gasteiger partial charge in [0.25, 0.3) is 0 Å². The first-order valence-electron chi connectivity index (χ1n) is 17.2. The quantitative estimate of drug-likeness (QED) is 0.0528. The third-order valence-corrected chi connectivity index (χ3v) is 9.11. The van der Waals surface area contributed by atoms with Gasteiger partial charge in [0.1, 0.15) is 0 Å². The van der Waals surface area contributed by atoms with Gasteiger partial charge in [-0.3, -0.25) is 0 Å². The van der Waals surface area contributed by atoms with Gasteiger partial charge in [0.05, 0.1) is 13.2 Å². The third kappa shape index (κ3) is 20.0. The summed E-state index contributed by atoms with van der Waals surface area (Å²) in [7, 11) is 0. The van der Waals surface area contributed by atoms with Gasteiger partial charge in [0, 0.05) is 11.1 Å². The Hall–Kier alpha value is -1.58. The SMILES string of the molecule is C=C(C)C(=O)OCCCCCCCCCCC(CCC)C(C)(CCCCCCCCCCOC(=O)C(=C)C)C(C)C. The summed E-state index contributed by atoms with van der Waals surface area (Å²) >= 11 is 0. The molecule has 240 valence electrons. The number of rotatable bonds is 28. The first kappa shape index (κ1) is 39.4. The fraction of sp³-hybridized carbons (Fsp3) is 0.838. The molecule has 0 aromatic rings. The normalized spacial score (nSPS) is 13.5. The fourth-order valence-corrected chi connectivity index (χ4v) is 5.91. The molecular formula is C37H68O4. The van der Waals surface area contributed by atoms with E-state index in [1.807, 2.05) is 0 Å². The second kappa shape index (κ2) is 25.0. The van der Waals surface area contributed by atoms with E-state index in [1.54, 1.807) is 13.8 Å². The molecule has 2 unspecified atom stereocenters. The maximum absolute atomic E-state index is 11.4. The Morgan fingerprint density at radius 1 is 0.610 bits per heavy atom. The molecule has 2 atom stereocenters. The molecule has 0 aliphatic heterocycles. The molecule has 0 amide bonds. The number of ether oxygens (including phenoxy) is 2. The van der Waals surface area contributed by atoms with E-state index in [0.29, 0.717) is 29.8 Å². The van der Waals surface area contributed by atoms with Crippen molar-refractivity contribution in [2.45, 2.75) is 170 Å². The fourth-order valence-electron chi connectivity index (χ4n) is 5.91. The Kier molecular flexibility index (Phi) is 24.0. The molecule has 0 N–H and O–H groups in total. The molecular weight excluding hydrogens is 508 g/mol. The average molecular weight is 577 g/mol. The van der Waals surface area contributed by atoms with Crippen molar-refractivity contribution in [3.63, 3.8) is 0 Å². The molecule has 0 fully saturated rings. The Morgan fingerprint density at radius 3 is 1.34 bits per heavy atom. The zero-order valence-electron chi connectivity index (χ0n) is 28.3. The summed E-state index contributed by atoms with van der Waals surface area (Å²) in [5, 5.41) is 0. The number of esters is 2. The van der Waals surface area contributed by atoms with Crippen molar-refractivity contribution in [2.75, 3.05) is 13.2 Å². The molecule has 0 saturated carbocycles. The predicted molar refractivity (Wildman–Crippen MR) is 176 cm³/mol. The molecule has 0 spiro atoms. The minimum atomic E-state index is -0.264. The molecule has 0 aromatic carbocycles. The largest absolute Gasteiger partial charge is 0.462 e. The summed E-state index contributed by atoms with van der Waals surface area (Å²) in [6.07, 6.45) is 25.5. The van der Waals surface area contributed by atoms with E-state index < -0.39 is 0 Å². The van der Waals surface area contributed by atoms with Crippen molar-refractivity contribution in [3.8, 4) is 0 Å². The standard InChI is InChI=1S/C37H68O4/c1-9-26-34(27-22-18-14-10-12-16-20-24-29-40-35(38)31(2)3)37(8,33(6)7)28-23-19-15-11-13-17-21-25-30-41-36(39)32(4)5/h33-34H,2,4,9-30H2,1,3,5-8H3. The van der Waals surface area contributed by atoms with Crippen LogP contribution in [-0.4, -0.2) is 25.2 Å². The zero-order chi connectivity index (χ0) is 30.9. The van der Waals surface area contributed by atoms with Crippen LogP contribution in [0.15, 0.2) is 24.3 Å². The molecule has 0 bridgehead atoms. The monoisotopic (exact) mass is 577 g/mol. The highest BCUT2D eigenvalue weighted by atomic mass is 16.5. The van der Waals surface area contributed by atoms with Gasteiger partial charge < -0.3 is 9.47 Å². The van der Waals surface area contributed by atoms with Crippen LogP contribution in [0.5, 0.6) is 0 Å². The lowest BCUT2D eigenvalue weighted by molar-refractivity contribution is -0.139. The lowest BCUT2D eigenvalue weighted by Gasteiger charge is -2.42. The number of unbranched alkanes of at least 4 members (excludes halogenated alkanes) is 14. The summed E-state index contributed by atoms with van der Waals surface area (Å²) in [6, 6.07) is 0. The van der Waals surface area contributed by atoms with Crippen LogP contribution in [0.3, 0.4) is 0 Å². The number of carbonyl (C=O) groups excluding carboxylic acids is 2. The molecule has 0 aromatic heterocycles. The van der Waals surface area contributed by atoms with E-state index in [-0.39, 0.29) is 11.9 Å². The van der Waals surface area contributed by atoms with Crippen molar-refractivity contribution in [3.05, 3.63) is 24.3 Å². The minimum Gasteiger partial charge on any atom is -0.462 e. The maximum atomic E-state index is 11.4. The summed E-state index contributed by atoms with van der Waals surface area (Å²) in [5.41, 5.74) is 1.41. The highest BCUT2D eigenvalue weighted by molar-refractivity contribution is 5.87. The molecule has 0 radical (unpaired) electrons. The van der Waals surface area contributed by atoms with Crippen LogP contribution in [0.25, 0.3) is 0 Å². The van der Waals surface area contributed by atoms with E-state index in [4.69, 9.17) is 9.47 Å². The second-order valence-electron chi connectivity index (χ2n) is 13.2. The molecule has 0 rings (SSSR count). The second-order valence-corrected chi connectivity index (χ2v) is 13.2. The Bertz CT molecular complexity index is 710. The van der Waals surface area contributed by atoms with Gasteiger partial charge in [-0.1, -0.05) is 144 Å². The Balaban J connectivity index is 4.07. The summed E-state index contributed by atoms with van der Waals surface area (Å²) in [4.78, 5) is 22.8. The van der Waals surface area contributed by atoms with Crippen LogP contribution in [-0.2, 0) is 19.1 Å². The number of carbonyl (C=O) groups is 2. The van der Waals surface area contributed by atoms with Crippen molar-refractivity contribution in [1.82, 2.24) is 0 Å². The summed E-state index contributed by atoms with van der Waals surface area (Å²) < 4.78 is 10.3. The van der Waals surface area contributed by atoms with Crippen molar-refractivity contribution in [1.29, 1.82) is 0 Å². The summed E-state index contributed by atoms with van der Waals surface area (Å²) in [6.45, 7) is 21.5. The van der Waals surface area contributed by atoms with E-state index in [0.717, 1.165) is 37.5 Å². The lowest BCUT2D eigenvalue weighted by Crippen LogP contribution is -2.33. The molecule has 0 aliphatic rings. The topological polar surface area (TPSA) is 52.6 Å². The minimum absolute atomic E-state index is 0.264. The lowest BCUT2D eigenvalue weighted by atomic mass is 9.63. The van der Waals surface area contributed by atoms with E-state index >= 15 is 0 Å². The van der Waals surface area contributed by atoms with Gasteiger partial charge in [-0.05, 0) is 56.8 Å². The first-order valence-corrected chi connectivity index (χ1v) is 17.2. The van der Waals surface area contributed by atoms with Gasteiger partial charge in [0.2, 0.25) is 0 Å². The van der Waals surface area contributed by atoms with Crippen molar-refractivity contribution >= 4 is 11.9 Å². The molecule has 0 heterocycles. The highest BCUT2D eigenvalue weighted by Gasteiger charge is 2.35. The van der Waals surface area contributed by atoms with Crippen LogP contribution >= 0.6 is 0 Å². The molecule has 4 heteroatoms. The van der Waals surface area contributed by atoms with Gasteiger partial charge in [-0.15, -0.1) is 0 Å². The van der Waals surface area contributed by atoms with Crippen LogP contribution in [0, 0.1) is 17.3 Å². The van der Waals surface area contributed by atoms with Gasteiger partial charge >= 0.3 is 11.9 Å². The predicted octanol–water partition coefficient (Wildman–Crippen LogP) is 11.3. The van der Waals surface area contributed by atoms with Crippen molar-refractivity contribution < 1.29 is 19.1 Å². The van der Waals surface area contributed by atoms with Crippen LogP contribution in [0.1, 0.15) is 170 Å². The highest BCUT2D eigenvalue weighted by Crippen LogP contribution is 2.45. The van der Waals surface area contributed by atoms with Crippen LogP contribution < -0.4 is 0 Å². The van der Waals surface area contributed by atoms with Crippen LogP contribution in [0.2, 0.25) is 0 Å². The number of hydrogen-bond acceptors (Lipinski definition) is 4. The third-order valence-electron chi connectivity index (χ3n) is 9.11. The van der Waals surface area contributed by atoms with Crippen molar-refractivity contribution in [2.24, 2.45) is 17.3 Å². The summed E-state index contributed by atoms with van der Waals surface area (Å²) in [5.74, 6) is 1.04. The first-order chi connectivity index (χ1) is 19.6. The van der Waals surface area contributed by atoms with Gasteiger partial charge in [0.15, 0.2) is 0 Å². The maximum Gasteiger partial charge on any atom is 0.333 e. The van der Waals surface area contributed by atoms with Gasteiger partial charge in [-0.25, -0.2) is 9.59 Å². The van der Waals surface area contributed by atoms with E-state index in [1.165, 1.54) is 103 Å². The van der Waals surface area contributed by atoms with E-state index in [2.05, 4.69) is 40.9 Å². The Morgan fingerprint density at radius 2 is 0.976 bits per heavy atom. The average Bonchev–Trinajstić information content (AvgIpc) is 2.93. The Labute approximate surface area is 255 Å². The van der Waals surface area contributed by atoms with Crippen LogP contribution in [0.4, 0.5) is 0 Å². The van der Waals surface area contributed by atoms with E-state index in [9.17, 15) is 9.59 Å². The number of hydrogen-bond donors (Lipinski definition) is 0. The molecule has 0 aliphatic carbocycles. The zero-order valence-corrected chi connectivity index (χ0v) is 28.3. The molecule has 41 heavy (non-hydrogen) atoms. The van der Waals surface area contributed by atoms with Gasteiger partial charge in [-0.2, -0.15) is 0 Å². The molecule has 4 nitrogen and oxygen atoms in total. The molecule has 0 saturated heterocycles.